The van der Waals surface area contributed by atoms with Crippen LogP contribution in [0.15, 0.2) is 15.7 Å². The van der Waals surface area contributed by atoms with Crippen LogP contribution in [0.3, 0.4) is 0 Å². The Morgan fingerprint density at radius 3 is 1.73 bits per heavy atom. The number of carboxylic acids is 2. The molecule has 0 spiro atoms. The fraction of sp³-hybridized carbons (Fsp3) is 0.176. The molecule has 0 saturated carbocycles. The molecule has 9 heteroatoms. The van der Waals surface area contributed by atoms with E-state index in [1.807, 2.05) is 0 Å². The Kier molecular flexibility index (Phi) is 5.14. The van der Waals surface area contributed by atoms with Crippen molar-refractivity contribution in [2.45, 2.75) is 20.8 Å². The van der Waals surface area contributed by atoms with Gasteiger partial charge in [-0.15, -0.1) is 0 Å². The average Bonchev–Trinajstić information content (AvgIpc) is 2.54. The van der Waals surface area contributed by atoms with E-state index in [-0.39, 0.29) is 73.9 Å². The molecule has 3 rings (SSSR count). The number of carbonyl (C=O) groups excluding carboxylic acids is 1. The number of carbonyl (C=O) groups is 2. The zero-order valence-electron chi connectivity index (χ0n) is 14.6. The molecule has 8 nitrogen and oxygen atoms in total. The van der Waals surface area contributed by atoms with Gasteiger partial charge in [0.25, 0.3) is 0 Å². The first-order chi connectivity index (χ1) is 11.6. The Morgan fingerprint density at radius 1 is 0.885 bits per heavy atom. The van der Waals surface area contributed by atoms with E-state index >= 15 is 0 Å². The Morgan fingerprint density at radius 2 is 1.31 bits per heavy atom. The number of hydrogen-bond acceptors (Lipinski definition) is 5. The summed E-state index contributed by atoms with van der Waals surface area (Å²) >= 11 is 0. The van der Waals surface area contributed by atoms with Crippen molar-refractivity contribution in [1.29, 1.82) is 0 Å². The second-order valence-corrected chi connectivity index (χ2v) is 5.85. The van der Waals surface area contributed by atoms with Crippen LogP contribution in [0.1, 0.15) is 37.7 Å². The van der Waals surface area contributed by atoms with Crippen molar-refractivity contribution in [3.63, 3.8) is 0 Å². The number of benzene rings is 1. The van der Waals surface area contributed by atoms with E-state index in [9.17, 15) is 29.4 Å². The minimum atomic E-state index is -1.53. The van der Waals surface area contributed by atoms with Crippen molar-refractivity contribution in [2.24, 2.45) is 0 Å². The number of pyridine rings is 2. The number of aromatic amines is 2. The summed E-state index contributed by atoms with van der Waals surface area (Å²) in [5.74, 6) is -2.82. The van der Waals surface area contributed by atoms with E-state index in [0.29, 0.717) is 5.56 Å². The van der Waals surface area contributed by atoms with Crippen molar-refractivity contribution in [2.75, 3.05) is 0 Å². The zero-order chi connectivity index (χ0) is 18.6. The Labute approximate surface area is 168 Å². The number of fused-ring (bicyclic) bond motifs is 2. The molecule has 0 amide bonds. The van der Waals surface area contributed by atoms with Gasteiger partial charge in [0.2, 0.25) is 0 Å². The predicted molar refractivity (Wildman–Crippen MR) is 88.2 cm³/mol. The molecule has 0 aliphatic rings. The zero-order valence-corrected chi connectivity index (χ0v) is 16.6. The van der Waals surface area contributed by atoms with Crippen molar-refractivity contribution in [3.05, 3.63) is 54.6 Å². The van der Waals surface area contributed by atoms with E-state index in [0.717, 1.165) is 0 Å². The van der Waals surface area contributed by atoms with E-state index in [2.05, 4.69) is 9.97 Å². The third-order valence-electron chi connectivity index (χ3n) is 4.42. The van der Waals surface area contributed by atoms with E-state index < -0.39 is 22.8 Å². The van der Waals surface area contributed by atoms with Crippen molar-refractivity contribution in [3.8, 4) is 0 Å². The van der Waals surface area contributed by atoms with Gasteiger partial charge in [0.05, 0.1) is 22.7 Å². The first-order valence-electron chi connectivity index (χ1n) is 7.32. The SMILES string of the molecule is Cc1c(C(=O)[O-])[nH]c2c(C)c3[nH]c(C(=O)O)c(C)c(=O)c3cc2c1=O.[Na+]. The fourth-order valence-corrected chi connectivity index (χ4v) is 2.98. The van der Waals surface area contributed by atoms with Gasteiger partial charge in [-0.05, 0) is 32.4 Å². The first kappa shape index (κ1) is 19.9. The molecule has 0 fully saturated rings. The van der Waals surface area contributed by atoms with Crippen LogP contribution < -0.4 is 45.5 Å². The number of nitrogens with one attached hydrogen (secondary N) is 2. The number of aryl methyl sites for hydroxylation is 1. The van der Waals surface area contributed by atoms with Crippen LogP contribution in [0.2, 0.25) is 0 Å². The van der Waals surface area contributed by atoms with Crippen LogP contribution in [0, 0.1) is 20.8 Å². The molecule has 1 aromatic carbocycles. The molecule has 0 bridgehead atoms. The molecule has 2 aromatic heterocycles. The van der Waals surface area contributed by atoms with Crippen LogP contribution in [0.5, 0.6) is 0 Å². The number of carboxylic acid groups (broad SMARTS) is 2. The maximum atomic E-state index is 12.5. The summed E-state index contributed by atoms with van der Waals surface area (Å²) < 4.78 is 0. The molecule has 0 atom stereocenters. The quantitative estimate of drug-likeness (QED) is 0.335. The molecule has 3 aromatic rings. The van der Waals surface area contributed by atoms with Gasteiger partial charge in [0, 0.05) is 21.9 Å². The van der Waals surface area contributed by atoms with Gasteiger partial charge in [0.15, 0.2) is 10.9 Å². The van der Waals surface area contributed by atoms with Crippen LogP contribution in [-0.4, -0.2) is 27.0 Å². The monoisotopic (exact) mass is 364 g/mol. The van der Waals surface area contributed by atoms with Crippen molar-refractivity contribution < 1.29 is 49.4 Å². The summed E-state index contributed by atoms with van der Waals surface area (Å²) in [6.45, 7) is 4.30. The molecule has 26 heavy (non-hydrogen) atoms. The normalized spacial score (nSPS) is 10.7. The molecule has 0 radical (unpaired) electrons. The largest absolute Gasteiger partial charge is 1.00 e. The third-order valence-corrected chi connectivity index (χ3v) is 4.42. The fourth-order valence-electron chi connectivity index (χ4n) is 2.98. The van der Waals surface area contributed by atoms with E-state index in [4.69, 9.17) is 0 Å². The Balaban J connectivity index is 0.00000243. The second kappa shape index (κ2) is 6.71. The smallest absolute Gasteiger partial charge is 0.543 e. The van der Waals surface area contributed by atoms with Gasteiger partial charge in [-0.2, -0.15) is 0 Å². The predicted octanol–water partition coefficient (Wildman–Crippen LogP) is -2.64. The van der Waals surface area contributed by atoms with E-state index in [1.165, 1.54) is 19.9 Å². The summed E-state index contributed by atoms with van der Waals surface area (Å²) in [6.07, 6.45) is 0. The molecule has 0 aliphatic heterocycles. The second-order valence-electron chi connectivity index (χ2n) is 5.85. The maximum absolute atomic E-state index is 12.5. The third kappa shape index (κ3) is 2.76. The minimum Gasteiger partial charge on any atom is -0.543 e. The van der Waals surface area contributed by atoms with Gasteiger partial charge in [0.1, 0.15) is 5.69 Å². The molecule has 0 saturated heterocycles. The average molecular weight is 364 g/mol. The summed E-state index contributed by atoms with van der Waals surface area (Å²) in [4.78, 5) is 52.9. The van der Waals surface area contributed by atoms with Crippen molar-refractivity contribution >= 4 is 33.7 Å². The Bertz CT molecular complexity index is 1130. The van der Waals surface area contributed by atoms with Crippen LogP contribution in [0.25, 0.3) is 21.8 Å². The summed E-state index contributed by atoms with van der Waals surface area (Å²) in [7, 11) is 0. The van der Waals surface area contributed by atoms with Gasteiger partial charge in [-0.3, -0.25) is 9.59 Å². The molecule has 0 unspecified atom stereocenters. The van der Waals surface area contributed by atoms with Gasteiger partial charge in [-0.25, -0.2) is 4.79 Å². The summed E-state index contributed by atoms with van der Waals surface area (Å²) in [5, 5.41) is 20.8. The number of rotatable bonds is 2. The maximum Gasteiger partial charge on any atom is 1.00 e. The van der Waals surface area contributed by atoms with E-state index in [1.54, 1.807) is 6.92 Å². The van der Waals surface area contributed by atoms with Crippen LogP contribution >= 0.6 is 0 Å². The molecular formula is C17H13N2NaO6. The van der Waals surface area contributed by atoms with Gasteiger partial charge < -0.3 is 25.0 Å². The van der Waals surface area contributed by atoms with Crippen LogP contribution in [0.4, 0.5) is 0 Å². The summed E-state index contributed by atoms with van der Waals surface area (Å²) in [6, 6.07) is 1.35. The topological polar surface area (TPSA) is 143 Å². The minimum absolute atomic E-state index is 0. The standard InChI is InChI=1S/C17H14N2O6.Na/c1-5-10-8(14(20)6(2)12(18-10)16(22)23)4-9-11(5)19-13(17(24)25)7(3)15(9)21;/h4H,1-3H3,(H,18,20)(H,19,21)(H,22,23)(H,24,25);/q;+1/p-1. The molecule has 2 heterocycles. The van der Waals surface area contributed by atoms with Crippen LogP contribution in [-0.2, 0) is 0 Å². The molecular weight excluding hydrogens is 351 g/mol. The number of aromatic carboxylic acids is 2. The summed E-state index contributed by atoms with van der Waals surface area (Å²) in [5.41, 5.74) is -0.842. The first-order valence-corrected chi connectivity index (χ1v) is 7.32. The van der Waals surface area contributed by atoms with Crippen molar-refractivity contribution in [1.82, 2.24) is 9.97 Å². The van der Waals surface area contributed by atoms with Gasteiger partial charge >= 0.3 is 35.5 Å². The molecule has 0 aliphatic carbocycles. The Hall–Kier alpha value is -2.42. The van der Waals surface area contributed by atoms with Gasteiger partial charge in [-0.1, -0.05) is 0 Å². The molecule has 128 valence electrons. The molecule has 3 N–H and O–H groups in total. The number of aromatic nitrogens is 2. The number of hydrogen-bond donors (Lipinski definition) is 3. The number of H-pyrrole nitrogens is 2.